The van der Waals surface area contributed by atoms with Crippen molar-refractivity contribution in [3.63, 3.8) is 0 Å². The van der Waals surface area contributed by atoms with E-state index in [-0.39, 0.29) is 0 Å². The smallest absolute Gasteiger partial charge is 0.225 e. The monoisotopic (exact) mass is 393 g/mol. The number of hydrogen-bond acceptors (Lipinski definition) is 2. The summed E-state index contributed by atoms with van der Waals surface area (Å²) in [6, 6.07) is 15.6. The normalized spacial score (nSPS) is 20.1. The molecule has 28 heavy (non-hydrogen) atoms. The summed E-state index contributed by atoms with van der Waals surface area (Å²) in [4.78, 5) is 17.3. The maximum Gasteiger partial charge on any atom is 0.225 e. The second kappa shape index (κ2) is 8.73. The number of likely N-dealkylation sites (tertiary alicyclic amines) is 1. The van der Waals surface area contributed by atoms with E-state index in [0.29, 0.717) is 17.7 Å². The fraction of sp³-hybridized carbons (Fsp3) is 0.480. The van der Waals surface area contributed by atoms with E-state index in [1.165, 1.54) is 32.9 Å². The molecule has 1 aliphatic heterocycles. The van der Waals surface area contributed by atoms with Gasteiger partial charge in [0.15, 0.2) is 0 Å². The Labute approximate surface area is 173 Å². The van der Waals surface area contributed by atoms with Gasteiger partial charge in [0.05, 0.1) is 0 Å². The number of amides is 1. The third kappa shape index (κ3) is 4.81. The predicted octanol–water partition coefficient (Wildman–Crippen LogP) is 6.04. The van der Waals surface area contributed by atoms with Crippen LogP contribution in [-0.2, 0) is 11.2 Å². The largest absolute Gasteiger partial charge is 0.342 e. The van der Waals surface area contributed by atoms with E-state index < -0.39 is 0 Å². The number of carbonyl (C=O) groups is 1. The molecule has 2 nitrogen and oxygen atoms in total. The lowest BCUT2D eigenvalue weighted by Crippen LogP contribution is -2.33. The Morgan fingerprint density at radius 1 is 1.00 bits per heavy atom. The van der Waals surface area contributed by atoms with Crippen LogP contribution in [-0.4, -0.2) is 23.9 Å². The Bertz CT molecular complexity index is 842. The molecule has 0 aromatic heterocycles. The Morgan fingerprint density at radius 2 is 1.82 bits per heavy atom. The Balaban J connectivity index is 1.42. The van der Waals surface area contributed by atoms with Crippen LogP contribution in [0.4, 0.5) is 0 Å². The van der Waals surface area contributed by atoms with Gasteiger partial charge in [-0.3, -0.25) is 4.79 Å². The Hall–Kier alpha value is -1.74. The van der Waals surface area contributed by atoms with E-state index in [4.69, 9.17) is 0 Å². The lowest BCUT2D eigenvalue weighted by atomic mass is 9.93. The molecule has 1 amide bonds. The number of carbonyl (C=O) groups excluding carboxylic acids is 1. The molecule has 1 unspecified atom stereocenters. The van der Waals surface area contributed by atoms with E-state index in [1.807, 2.05) is 11.8 Å². The molecule has 1 atom stereocenters. The molecule has 1 aliphatic carbocycles. The number of aryl methyl sites for hydroxylation is 2. The third-order valence-corrected chi connectivity index (χ3v) is 7.41. The predicted molar refractivity (Wildman–Crippen MR) is 117 cm³/mol. The van der Waals surface area contributed by atoms with Gasteiger partial charge in [-0.25, -0.2) is 0 Å². The quantitative estimate of drug-likeness (QED) is 0.617. The summed E-state index contributed by atoms with van der Waals surface area (Å²) in [6.07, 6.45) is 6.87. The first-order valence-corrected chi connectivity index (χ1v) is 11.5. The van der Waals surface area contributed by atoms with Gasteiger partial charge in [0, 0.05) is 28.8 Å². The first kappa shape index (κ1) is 19.6. The number of benzene rings is 2. The van der Waals surface area contributed by atoms with E-state index >= 15 is 0 Å². The van der Waals surface area contributed by atoms with Crippen LogP contribution in [0.3, 0.4) is 0 Å². The minimum atomic E-state index is 0.353. The summed E-state index contributed by atoms with van der Waals surface area (Å²) >= 11 is 1.90. The van der Waals surface area contributed by atoms with Crippen LogP contribution in [0.1, 0.15) is 48.8 Å². The average molecular weight is 394 g/mol. The van der Waals surface area contributed by atoms with Crippen LogP contribution in [0, 0.1) is 25.7 Å². The van der Waals surface area contributed by atoms with Gasteiger partial charge < -0.3 is 4.90 Å². The lowest BCUT2D eigenvalue weighted by Gasteiger charge is -2.21. The zero-order valence-corrected chi connectivity index (χ0v) is 17.9. The molecular formula is C25H31NOS. The maximum atomic E-state index is 12.4. The first-order chi connectivity index (χ1) is 13.6. The number of hydrogen-bond donors (Lipinski definition) is 0. The standard InChI is InChI=1S/C25H31NOS/c1-18-9-12-23(19(2)16-18)28-24-8-4-3-7-22(24)17-20-6-5-14-26(15-13-20)25(27)21-10-11-21/h3-4,7-9,12,16,20-21H,5-6,10-11,13-15,17H2,1-2H3. The minimum Gasteiger partial charge on any atom is -0.342 e. The molecule has 2 aromatic rings. The first-order valence-electron chi connectivity index (χ1n) is 10.7. The van der Waals surface area contributed by atoms with Gasteiger partial charge in [0.1, 0.15) is 0 Å². The molecule has 2 aliphatic rings. The molecule has 3 heteroatoms. The molecule has 1 saturated carbocycles. The Kier molecular flexibility index (Phi) is 6.10. The van der Waals surface area contributed by atoms with E-state index in [1.54, 1.807) is 0 Å². The summed E-state index contributed by atoms with van der Waals surface area (Å²) in [7, 11) is 0. The van der Waals surface area contributed by atoms with Gasteiger partial charge in [0.2, 0.25) is 5.91 Å². The highest BCUT2D eigenvalue weighted by atomic mass is 32.2. The molecule has 4 rings (SSSR count). The summed E-state index contributed by atoms with van der Waals surface area (Å²) in [5, 5.41) is 0. The van der Waals surface area contributed by atoms with Crippen LogP contribution >= 0.6 is 11.8 Å². The minimum absolute atomic E-state index is 0.353. The molecule has 0 spiro atoms. The van der Waals surface area contributed by atoms with Gasteiger partial charge in [-0.2, -0.15) is 0 Å². The molecule has 1 heterocycles. The molecule has 2 aromatic carbocycles. The SMILES string of the molecule is Cc1ccc(Sc2ccccc2CC2CCCN(C(=O)C3CC3)CC2)c(C)c1. The molecule has 0 radical (unpaired) electrons. The van der Waals surface area contributed by atoms with Crippen molar-refractivity contribution in [2.24, 2.45) is 11.8 Å². The van der Waals surface area contributed by atoms with Crippen LogP contribution in [0.25, 0.3) is 0 Å². The van der Waals surface area contributed by atoms with Crippen molar-refractivity contribution in [3.05, 3.63) is 59.2 Å². The van der Waals surface area contributed by atoms with Gasteiger partial charge in [0.25, 0.3) is 0 Å². The van der Waals surface area contributed by atoms with E-state index in [2.05, 4.69) is 61.2 Å². The maximum absolute atomic E-state index is 12.4. The summed E-state index contributed by atoms with van der Waals surface area (Å²) in [6.45, 7) is 6.27. The fourth-order valence-electron chi connectivity index (χ4n) is 4.29. The van der Waals surface area contributed by atoms with E-state index in [9.17, 15) is 4.79 Å². The van der Waals surface area contributed by atoms with Crippen LogP contribution in [0.5, 0.6) is 0 Å². The van der Waals surface area contributed by atoms with Crippen molar-refractivity contribution in [2.75, 3.05) is 13.1 Å². The van der Waals surface area contributed by atoms with Crippen LogP contribution in [0.15, 0.2) is 52.3 Å². The molecule has 148 valence electrons. The van der Waals surface area contributed by atoms with Crippen molar-refractivity contribution in [3.8, 4) is 0 Å². The molecule has 0 bridgehead atoms. The highest BCUT2D eigenvalue weighted by Gasteiger charge is 2.34. The molecule has 2 fully saturated rings. The van der Waals surface area contributed by atoms with Crippen molar-refractivity contribution in [2.45, 2.75) is 62.2 Å². The lowest BCUT2D eigenvalue weighted by molar-refractivity contribution is -0.132. The van der Waals surface area contributed by atoms with Crippen molar-refractivity contribution in [1.82, 2.24) is 4.90 Å². The van der Waals surface area contributed by atoms with Gasteiger partial charge in [-0.15, -0.1) is 0 Å². The van der Waals surface area contributed by atoms with Gasteiger partial charge in [-0.1, -0.05) is 47.7 Å². The molecule has 0 N–H and O–H groups in total. The van der Waals surface area contributed by atoms with E-state index in [0.717, 1.165) is 45.2 Å². The Morgan fingerprint density at radius 3 is 2.61 bits per heavy atom. The second-order valence-corrected chi connectivity index (χ2v) is 9.66. The van der Waals surface area contributed by atoms with Crippen molar-refractivity contribution in [1.29, 1.82) is 0 Å². The molecular weight excluding hydrogens is 362 g/mol. The number of rotatable bonds is 5. The highest BCUT2D eigenvalue weighted by Crippen LogP contribution is 2.36. The van der Waals surface area contributed by atoms with Crippen molar-refractivity contribution >= 4 is 17.7 Å². The average Bonchev–Trinajstić information content (AvgIpc) is 3.53. The van der Waals surface area contributed by atoms with Gasteiger partial charge in [-0.05, 0) is 81.5 Å². The van der Waals surface area contributed by atoms with Gasteiger partial charge >= 0.3 is 0 Å². The topological polar surface area (TPSA) is 20.3 Å². The summed E-state index contributed by atoms with van der Waals surface area (Å²) in [5.74, 6) is 1.45. The summed E-state index contributed by atoms with van der Waals surface area (Å²) in [5.41, 5.74) is 4.13. The van der Waals surface area contributed by atoms with Crippen LogP contribution < -0.4 is 0 Å². The molecule has 1 saturated heterocycles. The third-order valence-electron chi connectivity index (χ3n) is 6.12. The zero-order chi connectivity index (χ0) is 19.5. The number of nitrogens with zero attached hydrogens (tertiary/aromatic N) is 1. The second-order valence-electron chi connectivity index (χ2n) is 8.58. The zero-order valence-electron chi connectivity index (χ0n) is 17.1. The highest BCUT2D eigenvalue weighted by molar-refractivity contribution is 7.99. The van der Waals surface area contributed by atoms with Crippen LogP contribution in [0.2, 0.25) is 0 Å². The summed E-state index contributed by atoms with van der Waals surface area (Å²) < 4.78 is 0. The fourth-order valence-corrected chi connectivity index (χ4v) is 5.32. The van der Waals surface area contributed by atoms with Crippen molar-refractivity contribution < 1.29 is 4.79 Å².